The van der Waals surface area contributed by atoms with Crippen molar-refractivity contribution >= 4 is 11.9 Å². The monoisotopic (exact) mass is 820 g/mol. The molecule has 0 aromatic heterocycles. The van der Waals surface area contributed by atoms with Crippen molar-refractivity contribution in [1.82, 2.24) is 4.90 Å². The highest BCUT2D eigenvalue weighted by Gasteiger charge is 2.43. The first kappa shape index (κ1) is 54.9. The Morgan fingerprint density at radius 1 is 0.569 bits per heavy atom. The second-order valence-electron chi connectivity index (χ2n) is 19.5. The third kappa shape index (κ3) is 31.7. The highest BCUT2D eigenvalue weighted by Crippen LogP contribution is 2.50. The van der Waals surface area contributed by atoms with Crippen LogP contribution in [0.1, 0.15) is 272 Å². The Morgan fingerprint density at radius 2 is 1.00 bits per heavy atom. The molecular formula is C52H101NO5. The van der Waals surface area contributed by atoms with Crippen molar-refractivity contribution in [3.05, 3.63) is 0 Å². The quantitative estimate of drug-likeness (QED) is 0.0487. The largest absolute Gasteiger partial charge is 0.465 e. The minimum atomic E-state index is -0.428. The molecule has 1 N–H and O–H groups in total. The van der Waals surface area contributed by atoms with Gasteiger partial charge in [-0.05, 0) is 117 Å². The van der Waals surface area contributed by atoms with Gasteiger partial charge in [-0.2, -0.15) is 0 Å². The summed E-state index contributed by atoms with van der Waals surface area (Å²) in [4.78, 5) is 28.4. The van der Waals surface area contributed by atoms with Crippen LogP contribution in [-0.4, -0.2) is 60.9 Å². The number of unbranched alkanes of at least 4 members (excludes halogenated alkanes) is 24. The van der Waals surface area contributed by atoms with Crippen LogP contribution in [0.5, 0.6) is 0 Å². The zero-order valence-corrected chi connectivity index (χ0v) is 39.8. The highest BCUT2D eigenvalue weighted by molar-refractivity contribution is 5.76. The van der Waals surface area contributed by atoms with Crippen molar-refractivity contribution < 1.29 is 24.2 Å². The molecule has 6 heteroatoms. The molecule has 6 nitrogen and oxygen atoms in total. The predicted octanol–water partition coefficient (Wildman–Crippen LogP) is 15.3. The van der Waals surface area contributed by atoms with Gasteiger partial charge in [-0.1, -0.05) is 168 Å². The number of esters is 2. The summed E-state index contributed by atoms with van der Waals surface area (Å²) in [5, 5.41) is 9.38. The second-order valence-corrected chi connectivity index (χ2v) is 19.5. The number of rotatable bonds is 45. The molecule has 0 spiro atoms. The van der Waals surface area contributed by atoms with E-state index in [4.69, 9.17) is 9.47 Å². The lowest BCUT2D eigenvalue weighted by Crippen LogP contribution is -2.31. The maximum absolute atomic E-state index is 13.5. The molecule has 0 aromatic carbocycles. The van der Waals surface area contributed by atoms with Gasteiger partial charge in [0.1, 0.15) is 6.10 Å². The number of carbonyl (C=O) groups excluding carboxylic acids is 2. The lowest BCUT2D eigenvalue weighted by atomic mass is 9.86. The molecule has 1 saturated carbocycles. The maximum atomic E-state index is 13.5. The van der Waals surface area contributed by atoms with Crippen LogP contribution in [-0.2, 0) is 19.1 Å². The number of nitrogens with zero attached hydrogens (tertiary/aromatic N) is 1. The van der Waals surface area contributed by atoms with Crippen molar-refractivity contribution in [3.8, 4) is 0 Å². The van der Waals surface area contributed by atoms with Crippen LogP contribution in [0.4, 0.5) is 0 Å². The third-order valence-corrected chi connectivity index (χ3v) is 13.2. The summed E-state index contributed by atoms with van der Waals surface area (Å²) in [6, 6.07) is 0. The lowest BCUT2D eigenvalue weighted by molar-refractivity contribution is -0.161. The molecule has 1 fully saturated rings. The minimum absolute atomic E-state index is 0.0106. The Morgan fingerprint density at radius 3 is 1.50 bits per heavy atom. The van der Waals surface area contributed by atoms with Gasteiger partial charge in [0.2, 0.25) is 0 Å². The first-order valence-electron chi connectivity index (χ1n) is 25.9. The zero-order chi connectivity index (χ0) is 42.4. The fourth-order valence-corrected chi connectivity index (χ4v) is 8.56. The molecule has 0 heterocycles. The smallest absolute Gasteiger partial charge is 0.311 e. The van der Waals surface area contributed by atoms with Gasteiger partial charge < -0.3 is 19.5 Å². The maximum Gasteiger partial charge on any atom is 0.311 e. The molecule has 344 valence electrons. The zero-order valence-electron chi connectivity index (χ0n) is 39.8. The topological polar surface area (TPSA) is 76.1 Å². The lowest BCUT2D eigenvalue weighted by Gasteiger charge is -2.27. The summed E-state index contributed by atoms with van der Waals surface area (Å²) < 4.78 is 12.1. The van der Waals surface area contributed by atoms with Gasteiger partial charge >= 0.3 is 11.9 Å². The van der Waals surface area contributed by atoms with E-state index in [-0.39, 0.29) is 30.1 Å². The van der Waals surface area contributed by atoms with Gasteiger partial charge in [0.25, 0.3) is 0 Å². The molecule has 0 amide bonds. The van der Waals surface area contributed by atoms with Gasteiger partial charge in [-0.15, -0.1) is 0 Å². The SMILES string of the molecule is CCCCCCCCCC(=O)OCC1(CCCCCN(CCCCO)CCCCCCC(C)(C)C(=O)OC(CCCCCCCCC)CCCCCCCCC)CC1. The number of aliphatic hydroxyl groups excluding tert-OH is 1. The second kappa shape index (κ2) is 37.6. The number of carbonyl (C=O) groups is 2. The molecule has 1 rings (SSSR count). The number of ether oxygens (including phenoxy) is 2. The summed E-state index contributed by atoms with van der Waals surface area (Å²) in [7, 11) is 0. The summed E-state index contributed by atoms with van der Waals surface area (Å²) >= 11 is 0. The normalized spacial score (nSPS) is 13.8. The van der Waals surface area contributed by atoms with Gasteiger partial charge in [-0.25, -0.2) is 0 Å². The Bertz CT molecular complexity index is 915. The summed E-state index contributed by atoms with van der Waals surface area (Å²) in [6.07, 6.45) is 44.2. The Balaban J connectivity index is 2.34. The fraction of sp³-hybridized carbons (Fsp3) is 0.962. The molecule has 0 radical (unpaired) electrons. The van der Waals surface area contributed by atoms with Gasteiger partial charge in [-0.3, -0.25) is 9.59 Å². The molecular weight excluding hydrogens is 719 g/mol. The molecule has 1 aliphatic carbocycles. The molecule has 0 atom stereocenters. The van der Waals surface area contributed by atoms with Crippen LogP contribution in [0, 0.1) is 10.8 Å². The number of hydrogen-bond donors (Lipinski definition) is 1. The van der Waals surface area contributed by atoms with E-state index in [1.807, 2.05) is 0 Å². The fourth-order valence-electron chi connectivity index (χ4n) is 8.56. The Hall–Kier alpha value is -1.14. The first-order chi connectivity index (χ1) is 28.2. The Labute approximate surface area is 361 Å². The number of aliphatic hydroxyl groups is 1. The minimum Gasteiger partial charge on any atom is -0.465 e. The van der Waals surface area contributed by atoms with Crippen molar-refractivity contribution in [1.29, 1.82) is 0 Å². The number of hydrogen-bond acceptors (Lipinski definition) is 6. The van der Waals surface area contributed by atoms with E-state index in [0.717, 1.165) is 77.4 Å². The van der Waals surface area contributed by atoms with E-state index >= 15 is 0 Å². The van der Waals surface area contributed by atoms with E-state index in [2.05, 4.69) is 39.5 Å². The predicted molar refractivity (Wildman–Crippen MR) is 248 cm³/mol. The first-order valence-corrected chi connectivity index (χ1v) is 25.9. The van der Waals surface area contributed by atoms with Crippen molar-refractivity contribution in [3.63, 3.8) is 0 Å². The summed E-state index contributed by atoms with van der Waals surface area (Å²) in [5.74, 6) is 0.0299. The van der Waals surface area contributed by atoms with Gasteiger partial charge in [0.15, 0.2) is 0 Å². The molecule has 0 bridgehead atoms. The van der Waals surface area contributed by atoms with Crippen LogP contribution in [0.15, 0.2) is 0 Å². The average Bonchev–Trinajstić information content (AvgIpc) is 3.99. The van der Waals surface area contributed by atoms with Gasteiger partial charge in [0, 0.05) is 18.4 Å². The van der Waals surface area contributed by atoms with Gasteiger partial charge in [0.05, 0.1) is 12.0 Å². The van der Waals surface area contributed by atoms with Crippen LogP contribution in [0.25, 0.3) is 0 Å². The van der Waals surface area contributed by atoms with Crippen LogP contribution in [0.3, 0.4) is 0 Å². The third-order valence-electron chi connectivity index (χ3n) is 13.2. The van der Waals surface area contributed by atoms with Crippen LogP contribution >= 0.6 is 0 Å². The summed E-state index contributed by atoms with van der Waals surface area (Å²) in [5.41, 5.74) is -0.160. The van der Waals surface area contributed by atoms with Crippen LogP contribution < -0.4 is 0 Å². The van der Waals surface area contributed by atoms with Crippen molar-refractivity contribution in [2.24, 2.45) is 10.8 Å². The molecule has 0 aromatic rings. The summed E-state index contributed by atoms with van der Waals surface area (Å²) in [6.45, 7) is 15.2. The van der Waals surface area contributed by atoms with E-state index < -0.39 is 5.41 Å². The Kier molecular flexibility index (Phi) is 35.6. The van der Waals surface area contributed by atoms with E-state index in [0.29, 0.717) is 13.0 Å². The molecule has 0 unspecified atom stereocenters. The standard InChI is InChI=1S/C52H101NO5/c1-6-9-12-15-18-21-27-36-48(37-28-22-19-16-13-10-7-2)58-50(56)51(4,5)39-30-24-25-32-43-53(45-34-35-46-54)44-33-26-31-40-52(41-42-52)47-57-49(55)38-29-23-20-17-14-11-8-3/h48,54H,6-47H2,1-5H3. The molecule has 0 saturated heterocycles. The highest BCUT2D eigenvalue weighted by atomic mass is 16.5. The average molecular weight is 820 g/mol. The van der Waals surface area contributed by atoms with E-state index in [1.54, 1.807) is 0 Å². The van der Waals surface area contributed by atoms with Crippen molar-refractivity contribution in [2.75, 3.05) is 32.8 Å². The van der Waals surface area contributed by atoms with Crippen molar-refractivity contribution in [2.45, 2.75) is 278 Å². The molecule has 1 aliphatic rings. The van der Waals surface area contributed by atoms with Crippen LogP contribution in [0.2, 0.25) is 0 Å². The molecule has 0 aliphatic heterocycles. The molecule has 58 heavy (non-hydrogen) atoms. The van der Waals surface area contributed by atoms with E-state index in [1.165, 1.54) is 173 Å². The van der Waals surface area contributed by atoms with E-state index in [9.17, 15) is 14.7 Å².